The van der Waals surface area contributed by atoms with Crippen LogP contribution in [0, 0.1) is 11.6 Å². The van der Waals surface area contributed by atoms with E-state index in [1.165, 1.54) is 12.1 Å². The number of anilines is 1. The average molecular weight is 526 g/mol. The first kappa shape index (κ1) is 24.6. The highest BCUT2D eigenvalue weighted by molar-refractivity contribution is 5.98. The average Bonchev–Trinajstić information content (AvgIpc) is 3.57. The third-order valence-electron chi connectivity index (χ3n) is 6.60. The SMILES string of the molecule is CCCCC(O)Nc1cncc(-c2ccc3[nH]nc(-c4nc5c(-c6cccc(F)c6)nccc5[nH]4)c3c2F)c1. The Bertz CT molecular complexity index is 1800. The lowest BCUT2D eigenvalue weighted by atomic mass is 10.0. The summed E-state index contributed by atoms with van der Waals surface area (Å²) in [6.45, 7) is 2.06. The lowest BCUT2D eigenvalue weighted by Gasteiger charge is -2.14. The molecule has 0 saturated heterocycles. The van der Waals surface area contributed by atoms with Crippen molar-refractivity contribution in [3.05, 3.63) is 78.8 Å². The fourth-order valence-electron chi connectivity index (χ4n) is 4.69. The lowest BCUT2D eigenvalue weighted by Crippen LogP contribution is -2.18. The van der Waals surface area contributed by atoms with Crippen LogP contribution in [0.2, 0.25) is 0 Å². The first-order valence-corrected chi connectivity index (χ1v) is 12.7. The van der Waals surface area contributed by atoms with Gasteiger partial charge in [0.05, 0.1) is 34.0 Å². The van der Waals surface area contributed by atoms with Crippen LogP contribution in [0.25, 0.3) is 55.8 Å². The largest absolute Gasteiger partial charge is 0.374 e. The topological polar surface area (TPSA) is 115 Å². The third kappa shape index (κ3) is 4.70. The van der Waals surface area contributed by atoms with Crippen LogP contribution in [0.5, 0.6) is 0 Å². The number of imidazole rings is 1. The predicted molar refractivity (Wildman–Crippen MR) is 147 cm³/mol. The number of hydrogen-bond acceptors (Lipinski definition) is 6. The maximum Gasteiger partial charge on any atom is 0.159 e. The van der Waals surface area contributed by atoms with Gasteiger partial charge in [0.25, 0.3) is 0 Å². The van der Waals surface area contributed by atoms with Gasteiger partial charge in [0, 0.05) is 29.1 Å². The predicted octanol–water partition coefficient (Wildman–Crippen LogP) is 6.43. The van der Waals surface area contributed by atoms with Crippen molar-refractivity contribution < 1.29 is 13.9 Å². The van der Waals surface area contributed by atoms with Crippen LogP contribution in [0.4, 0.5) is 14.5 Å². The number of hydrogen-bond donors (Lipinski definition) is 4. The maximum absolute atomic E-state index is 16.1. The van der Waals surface area contributed by atoms with Gasteiger partial charge < -0.3 is 15.4 Å². The first-order valence-electron chi connectivity index (χ1n) is 12.7. The molecule has 0 aliphatic heterocycles. The summed E-state index contributed by atoms with van der Waals surface area (Å²) >= 11 is 0. The Kier molecular flexibility index (Phi) is 6.45. The van der Waals surface area contributed by atoms with Crippen LogP contribution < -0.4 is 5.32 Å². The monoisotopic (exact) mass is 525 g/mol. The molecule has 0 fully saturated rings. The number of benzene rings is 2. The second kappa shape index (κ2) is 10.2. The number of unbranched alkanes of at least 4 members (excludes halogenated alkanes) is 1. The Morgan fingerprint density at radius 1 is 1.00 bits per heavy atom. The minimum absolute atomic E-state index is 0.271. The fourth-order valence-corrected chi connectivity index (χ4v) is 4.69. The molecule has 0 bridgehead atoms. The minimum Gasteiger partial charge on any atom is -0.374 e. The van der Waals surface area contributed by atoms with E-state index in [0.717, 1.165) is 12.8 Å². The Labute approximate surface area is 222 Å². The number of rotatable bonds is 8. The van der Waals surface area contributed by atoms with Gasteiger partial charge in [-0.15, -0.1) is 0 Å². The van der Waals surface area contributed by atoms with Crippen LogP contribution in [0.15, 0.2) is 67.1 Å². The number of aliphatic hydroxyl groups is 1. The van der Waals surface area contributed by atoms with Crippen molar-refractivity contribution in [3.8, 4) is 33.9 Å². The van der Waals surface area contributed by atoms with Gasteiger partial charge in [-0.25, -0.2) is 13.8 Å². The van der Waals surface area contributed by atoms with E-state index in [1.54, 1.807) is 55.0 Å². The van der Waals surface area contributed by atoms with Crippen LogP contribution in [0.3, 0.4) is 0 Å². The van der Waals surface area contributed by atoms with E-state index in [9.17, 15) is 9.50 Å². The molecule has 6 aromatic rings. The second-order valence-electron chi connectivity index (χ2n) is 9.34. The quantitative estimate of drug-likeness (QED) is 0.170. The molecule has 4 aromatic heterocycles. The van der Waals surface area contributed by atoms with Crippen LogP contribution in [-0.4, -0.2) is 41.5 Å². The standard InChI is InChI=1S/C29H25F2N7O/c1-2-3-7-23(39)34-19-13-17(14-32-15-19)20-8-9-21-24(25(20)31)28(38-37-21)29-35-22-10-11-33-26(27(22)36-29)16-5-4-6-18(30)12-16/h4-6,8-15,23,34,39H,2-3,7H2,1H3,(H,35,36)(H,37,38). The molecule has 4 N–H and O–H groups in total. The molecular weight excluding hydrogens is 500 g/mol. The molecule has 0 aliphatic carbocycles. The van der Waals surface area contributed by atoms with Gasteiger partial charge in [0.2, 0.25) is 0 Å². The highest BCUT2D eigenvalue weighted by Gasteiger charge is 2.21. The Balaban J connectivity index is 1.41. The van der Waals surface area contributed by atoms with Gasteiger partial charge in [-0.3, -0.25) is 15.1 Å². The lowest BCUT2D eigenvalue weighted by molar-refractivity contribution is 0.190. The van der Waals surface area contributed by atoms with Gasteiger partial charge in [-0.2, -0.15) is 5.10 Å². The van der Waals surface area contributed by atoms with Crippen molar-refractivity contribution >= 4 is 27.6 Å². The van der Waals surface area contributed by atoms with E-state index in [4.69, 9.17) is 0 Å². The number of H-pyrrole nitrogens is 2. The first-order chi connectivity index (χ1) is 19.0. The van der Waals surface area contributed by atoms with E-state index in [1.807, 2.05) is 0 Å². The van der Waals surface area contributed by atoms with Crippen LogP contribution >= 0.6 is 0 Å². The number of aliphatic hydroxyl groups excluding tert-OH is 1. The van der Waals surface area contributed by atoms with Gasteiger partial charge in [0.15, 0.2) is 5.82 Å². The molecule has 4 heterocycles. The van der Waals surface area contributed by atoms with Crippen molar-refractivity contribution in [1.29, 1.82) is 0 Å². The summed E-state index contributed by atoms with van der Waals surface area (Å²) in [6, 6.07) is 13.1. The van der Waals surface area contributed by atoms with Gasteiger partial charge >= 0.3 is 0 Å². The smallest absolute Gasteiger partial charge is 0.159 e. The molecule has 1 unspecified atom stereocenters. The molecule has 0 saturated carbocycles. The van der Waals surface area contributed by atoms with Crippen molar-refractivity contribution in [2.24, 2.45) is 0 Å². The molecule has 0 amide bonds. The molecular formula is C29H25F2N7O. The van der Waals surface area contributed by atoms with Gasteiger partial charge in [-0.1, -0.05) is 25.5 Å². The second-order valence-corrected chi connectivity index (χ2v) is 9.34. The zero-order chi connectivity index (χ0) is 26.9. The summed E-state index contributed by atoms with van der Waals surface area (Å²) in [4.78, 5) is 16.5. The van der Waals surface area contributed by atoms with Gasteiger partial charge in [0.1, 0.15) is 29.1 Å². The summed E-state index contributed by atoms with van der Waals surface area (Å²) in [6.07, 6.45) is 6.53. The summed E-state index contributed by atoms with van der Waals surface area (Å²) in [5.74, 6) is -0.504. The molecule has 39 heavy (non-hydrogen) atoms. The number of nitrogens with zero attached hydrogens (tertiary/aromatic N) is 4. The van der Waals surface area contributed by atoms with Crippen LogP contribution in [0.1, 0.15) is 26.2 Å². The molecule has 1 atom stereocenters. The number of pyridine rings is 2. The highest BCUT2D eigenvalue weighted by atomic mass is 19.1. The molecule has 0 radical (unpaired) electrons. The number of nitrogens with one attached hydrogen (secondary N) is 3. The Morgan fingerprint density at radius 3 is 2.74 bits per heavy atom. The van der Waals surface area contributed by atoms with E-state index >= 15 is 4.39 Å². The highest BCUT2D eigenvalue weighted by Crippen LogP contribution is 2.35. The molecule has 2 aromatic carbocycles. The molecule has 196 valence electrons. The summed E-state index contributed by atoms with van der Waals surface area (Å²) < 4.78 is 30.0. The molecule has 0 spiro atoms. The summed E-state index contributed by atoms with van der Waals surface area (Å²) in [5, 5.41) is 20.8. The van der Waals surface area contributed by atoms with Crippen molar-refractivity contribution in [3.63, 3.8) is 0 Å². The third-order valence-corrected chi connectivity index (χ3v) is 6.60. The van der Waals surface area contributed by atoms with Crippen molar-refractivity contribution in [2.45, 2.75) is 32.4 Å². The minimum atomic E-state index is -0.713. The molecule has 6 rings (SSSR count). The normalized spacial score (nSPS) is 12.3. The number of halogens is 2. The van der Waals surface area contributed by atoms with Crippen molar-refractivity contribution in [1.82, 2.24) is 30.1 Å². The summed E-state index contributed by atoms with van der Waals surface area (Å²) in [5.41, 5.74) is 4.57. The molecule has 0 aliphatic rings. The van der Waals surface area contributed by atoms with Crippen LogP contribution in [-0.2, 0) is 0 Å². The Morgan fingerprint density at radius 2 is 1.90 bits per heavy atom. The van der Waals surface area contributed by atoms with E-state index in [-0.39, 0.29) is 11.2 Å². The Hall–Kier alpha value is -4.70. The zero-order valence-corrected chi connectivity index (χ0v) is 21.0. The maximum atomic E-state index is 16.1. The van der Waals surface area contributed by atoms with Gasteiger partial charge in [-0.05, 0) is 49.2 Å². The fraction of sp³-hybridized carbons (Fsp3) is 0.172. The van der Waals surface area contributed by atoms with E-state index in [2.05, 4.69) is 42.4 Å². The summed E-state index contributed by atoms with van der Waals surface area (Å²) in [7, 11) is 0. The molecule has 8 nitrogen and oxygen atoms in total. The number of aromatic nitrogens is 6. The van der Waals surface area contributed by atoms with E-state index in [0.29, 0.717) is 62.6 Å². The zero-order valence-electron chi connectivity index (χ0n) is 21.0. The number of fused-ring (bicyclic) bond motifs is 2. The molecule has 10 heteroatoms. The number of aromatic amines is 2. The van der Waals surface area contributed by atoms with Crippen molar-refractivity contribution in [2.75, 3.05) is 5.32 Å². The van der Waals surface area contributed by atoms with E-state index < -0.39 is 12.0 Å².